The summed E-state index contributed by atoms with van der Waals surface area (Å²) in [5.41, 5.74) is 4.07. The van der Waals surface area contributed by atoms with Crippen LogP contribution in [-0.2, 0) is 6.54 Å². The van der Waals surface area contributed by atoms with Gasteiger partial charge in [-0.05, 0) is 49.2 Å². The Morgan fingerprint density at radius 2 is 2.05 bits per heavy atom. The SMILES string of the molecule is Cc1cc(F)ccc1CNC(C)c1nc2ccccc2[nH]1. The van der Waals surface area contributed by atoms with E-state index >= 15 is 0 Å². The smallest absolute Gasteiger partial charge is 0.124 e. The van der Waals surface area contributed by atoms with E-state index in [0.29, 0.717) is 6.54 Å². The molecule has 0 saturated heterocycles. The molecule has 0 saturated carbocycles. The Morgan fingerprint density at radius 1 is 1.24 bits per heavy atom. The average Bonchev–Trinajstić information content (AvgIpc) is 2.90. The normalized spacial score (nSPS) is 12.7. The molecule has 21 heavy (non-hydrogen) atoms. The third kappa shape index (κ3) is 2.95. The molecule has 1 unspecified atom stereocenters. The second-order valence-corrected chi connectivity index (χ2v) is 5.31. The number of halogens is 1. The Hall–Kier alpha value is -2.20. The van der Waals surface area contributed by atoms with Gasteiger partial charge in [-0.25, -0.2) is 9.37 Å². The molecule has 0 aliphatic rings. The molecule has 108 valence electrons. The number of H-pyrrole nitrogens is 1. The molecule has 0 fully saturated rings. The molecular formula is C17H18FN3. The molecule has 3 aromatic rings. The monoisotopic (exact) mass is 283 g/mol. The maximum atomic E-state index is 13.1. The molecule has 0 aliphatic heterocycles. The molecule has 1 aromatic heterocycles. The second-order valence-electron chi connectivity index (χ2n) is 5.31. The largest absolute Gasteiger partial charge is 0.341 e. The van der Waals surface area contributed by atoms with E-state index in [1.807, 2.05) is 37.3 Å². The van der Waals surface area contributed by atoms with Crippen molar-refractivity contribution in [3.8, 4) is 0 Å². The summed E-state index contributed by atoms with van der Waals surface area (Å²) in [6.07, 6.45) is 0. The van der Waals surface area contributed by atoms with Crippen LogP contribution < -0.4 is 5.32 Å². The van der Waals surface area contributed by atoms with E-state index in [4.69, 9.17) is 0 Å². The summed E-state index contributed by atoms with van der Waals surface area (Å²) >= 11 is 0. The minimum atomic E-state index is -0.193. The number of aromatic nitrogens is 2. The molecule has 4 heteroatoms. The van der Waals surface area contributed by atoms with Gasteiger partial charge in [-0.2, -0.15) is 0 Å². The van der Waals surface area contributed by atoms with Crippen LogP contribution in [0.1, 0.15) is 29.9 Å². The summed E-state index contributed by atoms with van der Waals surface area (Å²) in [4.78, 5) is 7.91. The lowest BCUT2D eigenvalue weighted by molar-refractivity contribution is 0.550. The molecule has 0 spiro atoms. The van der Waals surface area contributed by atoms with Crippen LogP contribution in [0.15, 0.2) is 42.5 Å². The van der Waals surface area contributed by atoms with Crippen LogP contribution in [0.25, 0.3) is 11.0 Å². The molecule has 3 rings (SSSR count). The van der Waals surface area contributed by atoms with Gasteiger partial charge in [0.2, 0.25) is 0 Å². The molecule has 2 aromatic carbocycles. The molecule has 3 nitrogen and oxygen atoms in total. The van der Waals surface area contributed by atoms with Crippen LogP contribution >= 0.6 is 0 Å². The third-order valence-electron chi connectivity index (χ3n) is 3.72. The average molecular weight is 283 g/mol. The number of fused-ring (bicyclic) bond motifs is 1. The maximum Gasteiger partial charge on any atom is 0.124 e. The Bertz CT molecular complexity index is 731. The van der Waals surface area contributed by atoms with Gasteiger partial charge >= 0.3 is 0 Å². The van der Waals surface area contributed by atoms with Gasteiger partial charge in [0, 0.05) is 6.54 Å². The van der Waals surface area contributed by atoms with Crippen molar-refractivity contribution in [2.75, 3.05) is 0 Å². The van der Waals surface area contributed by atoms with E-state index in [2.05, 4.69) is 22.2 Å². The van der Waals surface area contributed by atoms with Crippen molar-refractivity contribution in [3.05, 3.63) is 65.2 Å². The predicted molar refractivity (Wildman–Crippen MR) is 82.5 cm³/mol. The van der Waals surface area contributed by atoms with Crippen molar-refractivity contribution in [3.63, 3.8) is 0 Å². The number of benzene rings is 2. The van der Waals surface area contributed by atoms with Gasteiger partial charge in [0.1, 0.15) is 11.6 Å². The van der Waals surface area contributed by atoms with Crippen LogP contribution in [0.2, 0.25) is 0 Å². The number of hydrogen-bond donors (Lipinski definition) is 2. The first-order chi connectivity index (χ1) is 10.1. The zero-order valence-electron chi connectivity index (χ0n) is 12.2. The first kappa shape index (κ1) is 13.8. The van der Waals surface area contributed by atoms with Gasteiger partial charge in [-0.3, -0.25) is 0 Å². The van der Waals surface area contributed by atoms with Crippen LogP contribution in [-0.4, -0.2) is 9.97 Å². The lowest BCUT2D eigenvalue weighted by Gasteiger charge is -2.13. The van der Waals surface area contributed by atoms with Gasteiger partial charge < -0.3 is 10.3 Å². The van der Waals surface area contributed by atoms with E-state index in [9.17, 15) is 4.39 Å². The van der Waals surface area contributed by atoms with Crippen molar-refractivity contribution in [2.45, 2.75) is 26.4 Å². The van der Waals surface area contributed by atoms with E-state index in [1.54, 1.807) is 6.07 Å². The lowest BCUT2D eigenvalue weighted by atomic mass is 10.1. The minimum Gasteiger partial charge on any atom is -0.341 e. The zero-order valence-corrected chi connectivity index (χ0v) is 12.2. The molecule has 0 radical (unpaired) electrons. The topological polar surface area (TPSA) is 40.7 Å². The fourth-order valence-electron chi connectivity index (χ4n) is 2.39. The Labute approximate surface area is 123 Å². The Balaban J connectivity index is 1.72. The Morgan fingerprint density at radius 3 is 2.81 bits per heavy atom. The van der Waals surface area contributed by atoms with Crippen molar-refractivity contribution in [1.82, 2.24) is 15.3 Å². The highest BCUT2D eigenvalue weighted by Crippen LogP contribution is 2.17. The summed E-state index contributed by atoms with van der Waals surface area (Å²) in [5, 5.41) is 3.42. The van der Waals surface area contributed by atoms with Gasteiger partial charge in [-0.1, -0.05) is 18.2 Å². The molecule has 0 bridgehead atoms. The van der Waals surface area contributed by atoms with Crippen LogP contribution in [0.4, 0.5) is 4.39 Å². The van der Waals surface area contributed by atoms with Gasteiger partial charge in [0.25, 0.3) is 0 Å². The van der Waals surface area contributed by atoms with Crippen LogP contribution in [0, 0.1) is 12.7 Å². The molecule has 0 aliphatic carbocycles. The highest BCUT2D eigenvalue weighted by Gasteiger charge is 2.10. The van der Waals surface area contributed by atoms with Gasteiger partial charge in [0.05, 0.1) is 17.1 Å². The third-order valence-corrected chi connectivity index (χ3v) is 3.72. The van der Waals surface area contributed by atoms with Crippen molar-refractivity contribution in [2.24, 2.45) is 0 Å². The van der Waals surface area contributed by atoms with Crippen molar-refractivity contribution < 1.29 is 4.39 Å². The summed E-state index contributed by atoms with van der Waals surface area (Å²) in [5.74, 6) is 0.720. The second kappa shape index (κ2) is 5.66. The van der Waals surface area contributed by atoms with E-state index in [1.165, 1.54) is 6.07 Å². The summed E-state index contributed by atoms with van der Waals surface area (Å²) in [6, 6.07) is 13.0. The van der Waals surface area contributed by atoms with E-state index < -0.39 is 0 Å². The fourth-order valence-corrected chi connectivity index (χ4v) is 2.39. The molecule has 1 heterocycles. The number of aromatic amines is 1. The van der Waals surface area contributed by atoms with Crippen molar-refractivity contribution in [1.29, 1.82) is 0 Å². The zero-order chi connectivity index (χ0) is 14.8. The molecule has 1 atom stereocenters. The predicted octanol–water partition coefficient (Wildman–Crippen LogP) is 3.86. The first-order valence-corrected chi connectivity index (χ1v) is 7.06. The van der Waals surface area contributed by atoms with Gasteiger partial charge in [0.15, 0.2) is 0 Å². The minimum absolute atomic E-state index is 0.0989. The number of nitrogens with one attached hydrogen (secondary N) is 2. The summed E-state index contributed by atoms with van der Waals surface area (Å²) in [7, 11) is 0. The Kier molecular flexibility index (Phi) is 3.71. The number of hydrogen-bond acceptors (Lipinski definition) is 2. The van der Waals surface area contributed by atoms with Crippen LogP contribution in [0.3, 0.4) is 0 Å². The first-order valence-electron chi connectivity index (χ1n) is 7.06. The number of imidazole rings is 1. The number of rotatable bonds is 4. The number of para-hydroxylation sites is 2. The maximum absolute atomic E-state index is 13.1. The van der Waals surface area contributed by atoms with Gasteiger partial charge in [-0.15, -0.1) is 0 Å². The van der Waals surface area contributed by atoms with E-state index in [0.717, 1.165) is 28.0 Å². The number of nitrogens with zero attached hydrogens (tertiary/aromatic N) is 1. The highest BCUT2D eigenvalue weighted by molar-refractivity contribution is 5.74. The molecular weight excluding hydrogens is 265 g/mol. The number of aryl methyl sites for hydroxylation is 1. The summed E-state index contributed by atoms with van der Waals surface area (Å²) < 4.78 is 13.1. The van der Waals surface area contributed by atoms with E-state index in [-0.39, 0.29) is 11.9 Å². The highest BCUT2D eigenvalue weighted by atomic mass is 19.1. The molecule has 0 amide bonds. The lowest BCUT2D eigenvalue weighted by Crippen LogP contribution is -2.19. The van der Waals surface area contributed by atoms with Crippen molar-refractivity contribution >= 4 is 11.0 Å². The van der Waals surface area contributed by atoms with Crippen LogP contribution in [0.5, 0.6) is 0 Å². The fraction of sp³-hybridized carbons (Fsp3) is 0.235. The molecule has 2 N–H and O–H groups in total. The summed E-state index contributed by atoms with van der Waals surface area (Å²) in [6.45, 7) is 4.67. The quantitative estimate of drug-likeness (QED) is 0.763. The standard InChI is InChI=1S/C17H18FN3/c1-11-9-14(18)8-7-13(11)10-19-12(2)17-20-15-5-3-4-6-16(15)21-17/h3-9,12,19H,10H2,1-2H3,(H,20,21).